The van der Waals surface area contributed by atoms with Gasteiger partial charge in [0.15, 0.2) is 5.28 Å². The molecule has 0 aromatic heterocycles. The molecule has 0 radical (unpaired) electrons. The number of Topliss-reactive ketones (excluding diaryl/α,β-unsaturated/α-hetero) is 1. The SMILES string of the molecule is CCCOP(=O)(OCCC)C1(NS(=O)(=O)c2ccc(OC)cc2)C=C(Cl)C(=O)c2ccccc21. The summed E-state index contributed by atoms with van der Waals surface area (Å²) in [6, 6.07) is 11.9. The molecule has 0 bridgehead atoms. The van der Waals surface area contributed by atoms with Crippen LogP contribution < -0.4 is 9.46 Å². The summed E-state index contributed by atoms with van der Waals surface area (Å²) in [6.07, 6.45) is 2.13. The number of nitrogens with one attached hydrogen (secondary N) is 1. The van der Waals surface area contributed by atoms with Gasteiger partial charge in [-0.25, -0.2) is 8.42 Å². The summed E-state index contributed by atoms with van der Waals surface area (Å²) in [5.74, 6) is -0.0532. The van der Waals surface area contributed by atoms with Gasteiger partial charge in [0.25, 0.3) is 0 Å². The van der Waals surface area contributed by atoms with Crippen molar-refractivity contribution in [2.45, 2.75) is 36.9 Å². The standard InChI is InChI=1S/C23H27ClNO7PS/c1-4-14-31-33(27,32-15-5-2)23(16-21(24)22(26)19-8-6-7-9-20(19)23)25-34(28,29)18-12-10-17(30-3)11-13-18/h6-13,16,25H,4-5,14-15H2,1-3H3. The van der Waals surface area contributed by atoms with Gasteiger partial charge in [0, 0.05) is 11.1 Å². The van der Waals surface area contributed by atoms with Crippen molar-refractivity contribution in [3.8, 4) is 5.75 Å². The van der Waals surface area contributed by atoms with Crippen LogP contribution in [-0.4, -0.2) is 34.5 Å². The number of carbonyl (C=O) groups is 1. The Kier molecular flexibility index (Phi) is 8.39. The van der Waals surface area contributed by atoms with Crippen LogP contribution in [-0.2, 0) is 28.9 Å². The van der Waals surface area contributed by atoms with Gasteiger partial charge in [-0.15, -0.1) is 0 Å². The minimum absolute atomic E-state index is 0.0363. The van der Waals surface area contributed by atoms with E-state index in [4.69, 9.17) is 25.4 Å². The van der Waals surface area contributed by atoms with Gasteiger partial charge >= 0.3 is 7.60 Å². The molecular formula is C23H27ClNO7PS. The Balaban J connectivity index is 2.28. The largest absolute Gasteiger partial charge is 0.497 e. The van der Waals surface area contributed by atoms with Gasteiger partial charge < -0.3 is 13.8 Å². The molecule has 8 nitrogen and oxygen atoms in total. The summed E-state index contributed by atoms with van der Waals surface area (Å²) in [5, 5.41) is -2.37. The Bertz CT molecular complexity index is 1220. The zero-order valence-corrected chi connectivity index (χ0v) is 21.6. The second kappa shape index (κ2) is 10.7. The number of halogens is 1. The molecule has 0 heterocycles. The van der Waals surface area contributed by atoms with Crippen molar-refractivity contribution < 1.29 is 31.6 Å². The first-order valence-corrected chi connectivity index (χ1v) is 14.1. The minimum atomic E-state index is -4.32. The van der Waals surface area contributed by atoms with Crippen LogP contribution in [0.1, 0.15) is 42.6 Å². The van der Waals surface area contributed by atoms with Crippen LogP contribution in [0.5, 0.6) is 5.75 Å². The van der Waals surface area contributed by atoms with Crippen LogP contribution in [0.4, 0.5) is 0 Å². The predicted octanol–water partition coefficient (Wildman–Crippen LogP) is 5.19. The van der Waals surface area contributed by atoms with Crippen molar-refractivity contribution in [1.82, 2.24) is 4.72 Å². The number of rotatable bonds is 11. The van der Waals surface area contributed by atoms with Crippen molar-refractivity contribution >= 4 is 35.0 Å². The van der Waals surface area contributed by atoms with E-state index in [1.54, 1.807) is 12.1 Å². The van der Waals surface area contributed by atoms with E-state index >= 15 is 0 Å². The number of methoxy groups -OCH3 is 1. The summed E-state index contributed by atoms with van der Waals surface area (Å²) < 4.78 is 60.7. The van der Waals surface area contributed by atoms with E-state index in [2.05, 4.69) is 4.72 Å². The predicted molar refractivity (Wildman–Crippen MR) is 130 cm³/mol. The zero-order valence-electron chi connectivity index (χ0n) is 19.1. The van der Waals surface area contributed by atoms with Gasteiger partial charge in [-0.1, -0.05) is 49.7 Å². The van der Waals surface area contributed by atoms with E-state index in [9.17, 15) is 17.8 Å². The molecule has 0 aliphatic heterocycles. The van der Waals surface area contributed by atoms with Gasteiger partial charge in [-0.05, 0) is 43.2 Å². The first-order chi connectivity index (χ1) is 16.1. The lowest BCUT2D eigenvalue weighted by atomic mass is 9.92. The molecule has 0 saturated heterocycles. The first kappa shape index (κ1) is 26.6. The lowest BCUT2D eigenvalue weighted by Crippen LogP contribution is -2.47. The smallest absolute Gasteiger partial charge is 0.360 e. The van der Waals surface area contributed by atoms with E-state index in [0.29, 0.717) is 18.6 Å². The third kappa shape index (κ3) is 5.00. The molecule has 0 spiro atoms. The normalized spacial score (nSPS) is 18.4. The van der Waals surface area contributed by atoms with Crippen molar-refractivity contribution in [2.24, 2.45) is 0 Å². The summed E-state index contributed by atoms with van der Waals surface area (Å²) in [5.41, 5.74) is 0.241. The van der Waals surface area contributed by atoms with Crippen molar-refractivity contribution in [2.75, 3.05) is 20.3 Å². The third-order valence-electron chi connectivity index (χ3n) is 5.16. The van der Waals surface area contributed by atoms with E-state index in [1.807, 2.05) is 13.8 Å². The molecule has 0 fully saturated rings. The van der Waals surface area contributed by atoms with Crippen LogP contribution in [0.3, 0.4) is 0 Å². The van der Waals surface area contributed by atoms with E-state index in [-0.39, 0.29) is 34.3 Å². The summed E-state index contributed by atoms with van der Waals surface area (Å²) in [7, 11) is -7.16. The average Bonchev–Trinajstić information content (AvgIpc) is 2.84. The van der Waals surface area contributed by atoms with Gasteiger partial charge in [0.2, 0.25) is 15.8 Å². The molecule has 1 aliphatic rings. The van der Waals surface area contributed by atoms with Gasteiger partial charge in [-0.3, -0.25) is 9.36 Å². The highest BCUT2D eigenvalue weighted by Gasteiger charge is 2.57. The molecule has 11 heteroatoms. The quantitative estimate of drug-likeness (QED) is 0.400. The summed E-state index contributed by atoms with van der Waals surface area (Å²) in [4.78, 5) is 12.7. The third-order valence-corrected chi connectivity index (χ3v) is 9.46. The van der Waals surface area contributed by atoms with Crippen LogP contribution in [0.25, 0.3) is 0 Å². The fourth-order valence-electron chi connectivity index (χ4n) is 3.52. The highest BCUT2D eigenvalue weighted by atomic mass is 35.5. The molecule has 1 aliphatic carbocycles. The van der Waals surface area contributed by atoms with Crippen molar-refractivity contribution in [3.05, 3.63) is 70.8 Å². The number of hydrogen-bond acceptors (Lipinski definition) is 7. The Hall–Kier alpha value is -2.00. The zero-order chi connectivity index (χ0) is 25.0. The fourth-order valence-corrected chi connectivity index (χ4v) is 7.96. The molecular weight excluding hydrogens is 501 g/mol. The molecule has 34 heavy (non-hydrogen) atoms. The van der Waals surface area contributed by atoms with Gasteiger partial charge in [0.05, 0.1) is 30.3 Å². The van der Waals surface area contributed by atoms with Crippen LogP contribution >= 0.6 is 19.2 Å². The highest BCUT2D eigenvalue weighted by molar-refractivity contribution is 7.90. The van der Waals surface area contributed by atoms with Crippen molar-refractivity contribution in [3.63, 3.8) is 0 Å². The molecule has 1 atom stereocenters. The number of ketones is 1. The number of fused-ring (bicyclic) bond motifs is 1. The number of benzene rings is 2. The van der Waals surface area contributed by atoms with E-state index < -0.39 is 28.7 Å². The maximum absolute atomic E-state index is 14.4. The number of allylic oxidation sites excluding steroid dienone is 1. The molecule has 2 aromatic rings. The number of ether oxygens (including phenoxy) is 1. The van der Waals surface area contributed by atoms with E-state index in [0.717, 1.165) is 6.08 Å². The van der Waals surface area contributed by atoms with Crippen molar-refractivity contribution in [1.29, 1.82) is 0 Å². The molecule has 184 valence electrons. The summed E-state index contributed by atoms with van der Waals surface area (Å²) >= 11 is 6.30. The second-order valence-corrected chi connectivity index (χ2v) is 11.9. The summed E-state index contributed by atoms with van der Waals surface area (Å²) in [6.45, 7) is 3.71. The molecule has 1 N–H and O–H groups in total. The van der Waals surface area contributed by atoms with Gasteiger partial charge in [-0.2, -0.15) is 4.72 Å². The van der Waals surface area contributed by atoms with Crippen LogP contribution in [0.2, 0.25) is 0 Å². The maximum Gasteiger partial charge on any atom is 0.360 e. The first-order valence-electron chi connectivity index (χ1n) is 10.7. The topological polar surface area (TPSA) is 108 Å². The molecule has 1 unspecified atom stereocenters. The number of sulfonamides is 1. The molecule has 0 amide bonds. The monoisotopic (exact) mass is 527 g/mol. The second-order valence-electron chi connectivity index (χ2n) is 7.58. The van der Waals surface area contributed by atoms with Crippen LogP contribution in [0.15, 0.2) is 64.5 Å². The molecule has 0 saturated carbocycles. The lowest BCUT2D eigenvalue weighted by molar-refractivity contribution is 0.103. The Morgan fingerprint density at radius 3 is 2.15 bits per heavy atom. The Morgan fingerprint density at radius 2 is 1.59 bits per heavy atom. The fraction of sp³-hybridized carbons (Fsp3) is 0.348. The average molecular weight is 528 g/mol. The Morgan fingerprint density at radius 1 is 1.00 bits per heavy atom. The lowest BCUT2D eigenvalue weighted by Gasteiger charge is -2.40. The Labute approximate surface area is 204 Å². The highest BCUT2D eigenvalue weighted by Crippen LogP contribution is 2.66. The number of carbonyl (C=O) groups excluding carboxylic acids is 1. The van der Waals surface area contributed by atoms with Crippen LogP contribution in [0, 0.1) is 0 Å². The van der Waals surface area contributed by atoms with E-state index in [1.165, 1.54) is 43.5 Å². The number of hydrogen-bond donors (Lipinski definition) is 1. The molecule has 2 aromatic carbocycles. The maximum atomic E-state index is 14.4. The van der Waals surface area contributed by atoms with Gasteiger partial charge in [0.1, 0.15) is 5.75 Å². The minimum Gasteiger partial charge on any atom is -0.497 e. The molecule has 3 rings (SSSR count).